The van der Waals surface area contributed by atoms with E-state index in [1.165, 1.54) is 4.88 Å². The standard InChI is InChI=1S/C16H23N5OS/c1-12(19(2)10-15-17-11-18-20(15)3)16(22)21-8-4-6-13(21)14-7-5-9-23-14/h5,7,9,11-13H,4,6,8,10H2,1-3H3/t12-,13-/m0/s1. The van der Waals surface area contributed by atoms with E-state index in [-0.39, 0.29) is 18.0 Å². The lowest BCUT2D eigenvalue weighted by molar-refractivity contribution is -0.137. The van der Waals surface area contributed by atoms with Gasteiger partial charge < -0.3 is 4.90 Å². The zero-order chi connectivity index (χ0) is 16.4. The molecular formula is C16H23N5OS. The predicted molar refractivity (Wildman–Crippen MR) is 89.9 cm³/mol. The molecule has 0 bridgehead atoms. The SMILES string of the molecule is C[C@@H](C(=O)N1CCC[C@H]1c1cccs1)N(C)Cc1ncnn1C. The number of hydrogen-bond acceptors (Lipinski definition) is 5. The first-order valence-electron chi connectivity index (χ1n) is 7.95. The summed E-state index contributed by atoms with van der Waals surface area (Å²) in [5.74, 6) is 1.06. The van der Waals surface area contributed by atoms with Gasteiger partial charge >= 0.3 is 0 Å². The normalized spacial score (nSPS) is 19.5. The van der Waals surface area contributed by atoms with E-state index in [1.807, 2.05) is 30.8 Å². The van der Waals surface area contributed by atoms with Gasteiger partial charge in [-0.3, -0.25) is 14.4 Å². The highest BCUT2D eigenvalue weighted by molar-refractivity contribution is 7.10. The van der Waals surface area contributed by atoms with Gasteiger partial charge in [0.1, 0.15) is 12.2 Å². The summed E-state index contributed by atoms with van der Waals surface area (Å²) in [6.07, 6.45) is 3.68. The minimum atomic E-state index is -0.174. The summed E-state index contributed by atoms with van der Waals surface area (Å²) < 4.78 is 1.75. The molecule has 0 aromatic carbocycles. The average Bonchev–Trinajstić information content (AvgIpc) is 3.27. The molecule has 7 heteroatoms. The quantitative estimate of drug-likeness (QED) is 0.840. The summed E-state index contributed by atoms with van der Waals surface area (Å²) in [6, 6.07) is 4.26. The predicted octanol–water partition coefficient (Wildman–Crippen LogP) is 2.06. The van der Waals surface area contributed by atoms with Crippen molar-refractivity contribution in [2.75, 3.05) is 13.6 Å². The maximum absolute atomic E-state index is 13.0. The van der Waals surface area contributed by atoms with Crippen LogP contribution in [0.3, 0.4) is 0 Å². The molecule has 0 radical (unpaired) electrons. The first kappa shape index (κ1) is 16.1. The summed E-state index contributed by atoms with van der Waals surface area (Å²) >= 11 is 1.74. The third kappa shape index (κ3) is 3.30. The van der Waals surface area contributed by atoms with E-state index in [9.17, 15) is 4.79 Å². The molecule has 1 aliphatic rings. The van der Waals surface area contributed by atoms with Crippen molar-refractivity contribution in [3.8, 4) is 0 Å². The molecule has 2 aromatic rings. The number of nitrogens with zero attached hydrogens (tertiary/aromatic N) is 5. The number of carbonyl (C=O) groups excluding carboxylic acids is 1. The number of likely N-dealkylation sites (N-methyl/N-ethyl adjacent to an activating group) is 1. The van der Waals surface area contributed by atoms with Crippen LogP contribution >= 0.6 is 11.3 Å². The topological polar surface area (TPSA) is 54.3 Å². The van der Waals surface area contributed by atoms with E-state index < -0.39 is 0 Å². The number of likely N-dealkylation sites (tertiary alicyclic amines) is 1. The van der Waals surface area contributed by atoms with Gasteiger partial charge in [0, 0.05) is 18.5 Å². The fourth-order valence-corrected chi connectivity index (χ4v) is 3.93. The maximum atomic E-state index is 13.0. The minimum absolute atomic E-state index is 0.174. The lowest BCUT2D eigenvalue weighted by atomic mass is 10.1. The van der Waals surface area contributed by atoms with Gasteiger partial charge in [0.05, 0.1) is 18.6 Å². The lowest BCUT2D eigenvalue weighted by Gasteiger charge is -2.31. The van der Waals surface area contributed by atoms with Gasteiger partial charge in [-0.1, -0.05) is 6.07 Å². The zero-order valence-corrected chi connectivity index (χ0v) is 14.7. The Hall–Kier alpha value is -1.73. The monoisotopic (exact) mass is 333 g/mol. The molecule has 0 spiro atoms. The molecule has 6 nitrogen and oxygen atoms in total. The summed E-state index contributed by atoms with van der Waals surface area (Å²) in [5, 5.41) is 6.17. The molecule has 1 amide bonds. The molecule has 2 atom stereocenters. The van der Waals surface area contributed by atoms with Crippen molar-refractivity contribution in [2.45, 2.75) is 38.4 Å². The van der Waals surface area contributed by atoms with Crippen LogP contribution in [0.1, 0.15) is 36.5 Å². The fraction of sp³-hybridized carbons (Fsp3) is 0.562. The highest BCUT2D eigenvalue weighted by Gasteiger charge is 2.34. The molecule has 1 aliphatic heterocycles. The van der Waals surface area contributed by atoms with Crippen molar-refractivity contribution in [3.63, 3.8) is 0 Å². The summed E-state index contributed by atoms with van der Waals surface area (Å²) in [4.78, 5) is 22.6. The highest BCUT2D eigenvalue weighted by atomic mass is 32.1. The van der Waals surface area contributed by atoms with E-state index in [2.05, 4.69) is 27.6 Å². The van der Waals surface area contributed by atoms with Crippen LogP contribution in [0.15, 0.2) is 23.8 Å². The van der Waals surface area contributed by atoms with Gasteiger partial charge in [0.15, 0.2) is 0 Å². The van der Waals surface area contributed by atoms with Crippen LogP contribution in [-0.2, 0) is 18.4 Å². The number of rotatable bonds is 5. The Morgan fingerprint density at radius 2 is 2.39 bits per heavy atom. The van der Waals surface area contributed by atoms with E-state index in [0.29, 0.717) is 6.54 Å². The van der Waals surface area contributed by atoms with Crippen molar-refractivity contribution in [1.29, 1.82) is 0 Å². The molecule has 0 aliphatic carbocycles. The van der Waals surface area contributed by atoms with Crippen molar-refractivity contribution in [3.05, 3.63) is 34.5 Å². The van der Waals surface area contributed by atoms with Crippen molar-refractivity contribution >= 4 is 17.2 Å². The highest BCUT2D eigenvalue weighted by Crippen LogP contribution is 2.35. The first-order valence-corrected chi connectivity index (χ1v) is 8.83. The molecule has 1 fully saturated rings. The Morgan fingerprint density at radius 3 is 3.04 bits per heavy atom. The molecule has 0 saturated carbocycles. The summed E-state index contributed by atoms with van der Waals surface area (Å²) in [5.41, 5.74) is 0. The van der Waals surface area contributed by atoms with Crippen LogP contribution in [-0.4, -0.2) is 50.1 Å². The molecule has 124 valence electrons. The van der Waals surface area contributed by atoms with Crippen LogP contribution in [0.4, 0.5) is 0 Å². The third-order valence-electron chi connectivity index (χ3n) is 4.62. The molecule has 3 heterocycles. The van der Waals surface area contributed by atoms with Gasteiger partial charge in [-0.05, 0) is 38.3 Å². The maximum Gasteiger partial charge on any atom is 0.240 e. The summed E-state index contributed by atoms with van der Waals surface area (Å²) in [7, 11) is 3.84. The number of aryl methyl sites for hydroxylation is 1. The molecule has 0 N–H and O–H groups in total. The number of aromatic nitrogens is 3. The Labute approximate surface area is 140 Å². The van der Waals surface area contributed by atoms with Gasteiger partial charge in [-0.2, -0.15) is 5.10 Å². The summed E-state index contributed by atoms with van der Waals surface area (Å²) in [6.45, 7) is 3.44. The fourth-order valence-electron chi connectivity index (χ4n) is 3.06. The average molecular weight is 333 g/mol. The van der Waals surface area contributed by atoms with Crippen molar-refractivity contribution in [1.82, 2.24) is 24.6 Å². The second-order valence-corrected chi connectivity index (χ2v) is 7.08. The minimum Gasteiger partial charge on any atom is -0.333 e. The lowest BCUT2D eigenvalue weighted by Crippen LogP contribution is -2.45. The third-order valence-corrected chi connectivity index (χ3v) is 5.60. The van der Waals surface area contributed by atoms with Gasteiger partial charge in [-0.25, -0.2) is 4.98 Å². The van der Waals surface area contributed by atoms with Gasteiger partial charge in [0.2, 0.25) is 5.91 Å². The Bertz CT molecular complexity index is 653. The van der Waals surface area contributed by atoms with Crippen molar-refractivity contribution < 1.29 is 4.79 Å². The Morgan fingerprint density at radius 1 is 1.57 bits per heavy atom. The molecule has 23 heavy (non-hydrogen) atoms. The van der Waals surface area contributed by atoms with Crippen LogP contribution in [0.5, 0.6) is 0 Å². The van der Waals surface area contributed by atoms with Gasteiger partial charge in [0.25, 0.3) is 0 Å². The molecule has 2 aromatic heterocycles. The Kier molecular flexibility index (Phi) is 4.77. The van der Waals surface area contributed by atoms with E-state index in [1.54, 1.807) is 22.3 Å². The second kappa shape index (κ2) is 6.80. The smallest absolute Gasteiger partial charge is 0.240 e. The number of hydrogen-bond donors (Lipinski definition) is 0. The molecule has 3 rings (SSSR count). The van der Waals surface area contributed by atoms with E-state index in [4.69, 9.17) is 0 Å². The van der Waals surface area contributed by atoms with Gasteiger partial charge in [-0.15, -0.1) is 11.3 Å². The molecule has 1 saturated heterocycles. The number of amides is 1. The Balaban J connectivity index is 1.67. The second-order valence-electron chi connectivity index (χ2n) is 6.10. The van der Waals surface area contributed by atoms with Crippen LogP contribution in [0, 0.1) is 0 Å². The van der Waals surface area contributed by atoms with Crippen molar-refractivity contribution in [2.24, 2.45) is 7.05 Å². The number of carbonyl (C=O) groups is 1. The zero-order valence-electron chi connectivity index (χ0n) is 13.8. The van der Waals surface area contributed by atoms with Crippen LogP contribution in [0.2, 0.25) is 0 Å². The van der Waals surface area contributed by atoms with E-state index in [0.717, 1.165) is 25.2 Å². The van der Waals surface area contributed by atoms with E-state index >= 15 is 0 Å². The van der Waals surface area contributed by atoms with Crippen LogP contribution in [0.25, 0.3) is 0 Å². The first-order chi connectivity index (χ1) is 11.1. The molecule has 0 unspecified atom stereocenters. The van der Waals surface area contributed by atoms with Crippen LogP contribution < -0.4 is 0 Å². The molecular weight excluding hydrogens is 310 g/mol. The number of thiophene rings is 1. The largest absolute Gasteiger partial charge is 0.333 e.